The Hall–Kier alpha value is -1.44. The highest BCUT2D eigenvalue weighted by atomic mass is 32.2. The van der Waals surface area contributed by atoms with E-state index in [1.54, 1.807) is 6.92 Å². The van der Waals surface area contributed by atoms with Crippen LogP contribution >= 0.6 is 0 Å². The van der Waals surface area contributed by atoms with Crippen molar-refractivity contribution in [2.75, 3.05) is 13.7 Å². The smallest absolute Gasteiger partial charge is 0.251 e. The maximum atomic E-state index is 12.3. The van der Waals surface area contributed by atoms with E-state index in [0.717, 1.165) is 12.8 Å². The Kier molecular flexibility index (Phi) is 4.97. The fraction of sp³-hybridized carbons (Fsp3) is 0.500. The number of ether oxygens (including phenoxy) is 1. The second-order valence-electron chi connectivity index (χ2n) is 5.06. The molecule has 1 fully saturated rings. The van der Waals surface area contributed by atoms with Crippen LogP contribution in [0.1, 0.15) is 30.1 Å². The lowest BCUT2D eigenvalue weighted by Gasteiger charge is -2.20. The Morgan fingerprint density at radius 3 is 2.52 bits per heavy atom. The molecule has 0 bridgehead atoms. The number of carbonyl (C=O) groups is 1. The molecule has 2 atom stereocenters. The Morgan fingerprint density at radius 1 is 1.33 bits per heavy atom. The Labute approximate surface area is 124 Å². The van der Waals surface area contributed by atoms with Crippen molar-refractivity contribution in [2.45, 2.75) is 36.8 Å². The fourth-order valence-corrected chi connectivity index (χ4v) is 3.59. The summed E-state index contributed by atoms with van der Waals surface area (Å²) in [6.07, 6.45) is 1.74. The van der Waals surface area contributed by atoms with E-state index in [1.807, 2.05) is 0 Å². The molecule has 1 amide bonds. The van der Waals surface area contributed by atoms with Crippen molar-refractivity contribution in [2.24, 2.45) is 0 Å². The maximum Gasteiger partial charge on any atom is 0.251 e. The van der Waals surface area contributed by atoms with Gasteiger partial charge in [0.25, 0.3) is 5.91 Å². The molecule has 0 aliphatic carbocycles. The summed E-state index contributed by atoms with van der Waals surface area (Å²) < 4.78 is 32.7. The van der Waals surface area contributed by atoms with Crippen LogP contribution in [0.5, 0.6) is 0 Å². The largest absolute Gasteiger partial charge is 0.377 e. The van der Waals surface area contributed by atoms with Gasteiger partial charge >= 0.3 is 0 Å². The minimum atomic E-state index is -3.61. The third-order valence-electron chi connectivity index (χ3n) is 3.52. The third kappa shape index (κ3) is 3.81. The number of benzene rings is 1. The quantitative estimate of drug-likeness (QED) is 0.846. The predicted octanol–water partition coefficient (Wildman–Crippen LogP) is 0.892. The summed E-state index contributed by atoms with van der Waals surface area (Å²) in [6.45, 7) is 2.48. The van der Waals surface area contributed by atoms with E-state index < -0.39 is 10.0 Å². The molecule has 1 heterocycles. The molecular weight excluding hydrogens is 292 g/mol. The minimum Gasteiger partial charge on any atom is -0.377 e. The molecule has 0 aromatic heterocycles. The summed E-state index contributed by atoms with van der Waals surface area (Å²) in [5, 5.41) is 2.49. The second kappa shape index (κ2) is 6.55. The lowest BCUT2D eigenvalue weighted by molar-refractivity contribution is 0.0902. The van der Waals surface area contributed by atoms with Crippen LogP contribution in [0.25, 0.3) is 0 Å². The number of nitrogens with one attached hydrogen (secondary N) is 2. The number of sulfonamides is 1. The van der Waals surface area contributed by atoms with E-state index in [2.05, 4.69) is 10.0 Å². The lowest BCUT2D eigenvalue weighted by atomic mass is 10.1. The van der Waals surface area contributed by atoms with Crippen molar-refractivity contribution >= 4 is 15.9 Å². The highest BCUT2D eigenvalue weighted by molar-refractivity contribution is 7.89. The van der Waals surface area contributed by atoms with Crippen molar-refractivity contribution in [1.29, 1.82) is 0 Å². The van der Waals surface area contributed by atoms with Crippen molar-refractivity contribution in [3.8, 4) is 0 Å². The molecule has 1 aliphatic heterocycles. The van der Waals surface area contributed by atoms with Gasteiger partial charge < -0.3 is 10.1 Å². The normalized spacial score (nSPS) is 20.2. The van der Waals surface area contributed by atoms with E-state index in [9.17, 15) is 13.2 Å². The molecule has 6 nitrogen and oxygen atoms in total. The first kappa shape index (κ1) is 15.9. The molecule has 2 rings (SSSR count). The average molecular weight is 312 g/mol. The van der Waals surface area contributed by atoms with Crippen LogP contribution in [0.3, 0.4) is 0 Å². The number of amides is 1. The summed E-state index contributed by atoms with van der Waals surface area (Å²) in [5.41, 5.74) is 0.420. The number of hydrogen-bond acceptors (Lipinski definition) is 4. The molecule has 1 saturated heterocycles. The van der Waals surface area contributed by atoms with Gasteiger partial charge in [0.15, 0.2) is 0 Å². The molecule has 2 N–H and O–H groups in total. The van der Waals surface area contributed by atoms with Crippen LogP contribution in [-0.2, 0) is 14.8 Å². The van der Waals surface area contributed by atoms with E-state index >= 15 is 0 Å². The van der Waals surface area contributed by atoms with Crippen molar-refractivity contribution in [3.05, 3.63) is 29.8 Å². The van der Waals surface area contributed by atoms with Crippen molar-refractivity contribution in [3.63, 3.8) is 0 Å². The van der Waals surface area contributed by atoms with Crippen LogP contribution < -0.4 is 10.0 Å². The molecule has 0 spiro atoms. The van der Waals surface area contributed by atoms with Crippen molar-refractivity contribution in [1.82, 2.24) is 10.0 Å². The van der Waals surface area contributed by atoms with Gasteiger partial charge in [-0.15, -0.1) is 0 Å². The first-order valence-corrected chi connectivity index (χ1v) is 8.38. The summed E-state index contributed by atoms with van der Waals surface area (Å²) in [4.78, 5) is 11.6. The van der Waals surface area contributed by atoms with Crippen LogP contribution in [0.15, 0.2) is 29.2 Å². The number of hydrogen-bond donors (Lipinski definition) is 2. The van der Waals surface area contributed by atoms with Crippen molar-refractivity contribution < 1.29 is 17.9 Å². The molecule has 116 valence electrons. The molecular formula is C14H20N2O4S. The summed E-state index contributed by atoms with van der Waals surface area (Å²) >= 11 is 0. The standard InChI is InChI=1S/C14H20N2O4S/c1-10(13-4-3-9-20-13)16-21(18,19)12-7-5-11(6-8-12)14(17)15-2/h5-8,10,13,16H,3-4,9H2,1-2H3,(H,15,17). The second-order valence-corrected chi connectivity index (χ2v) is 6.78. The lowest BCUT2D eigenvalue weighted by Crippen LogP contribution is -2.40. The predicted molar refractivity (Wildman–Crippen MR) is 78.6 cm³/mol. The van der Waals surface area contributed by atoms with E-state index in [-0.39, 0.29) is 22.9 Å². The van der Waals surface area contributed by atoms with Gasteiger partial charge in [0.1, 0.15) is 0 Å². The summed E-state index contributed by atoms with van der Waals surface area (Å²) in [6, 6.07) is 5.55. The molecule has 2 unspecified atom stereocenters. The summed E-state index contributed by atoms with van der Waals surface area (Å²) in [7, 11) is -2.08. The van der Waals surface area contributed by atoms with Gasteiger partial charge in [0.05, 0.1) is 11.0 Å². The SMILES string of the molecule is CNC(=O)c1ccc(S(=O)(=O)NC(C)C2CCCO2)cc1. The van der Waals surface area contributed by atoms with Gasteiger partial charge in [0, 0.05) is 25.3 Å². The zero-order chi connectivity index (χ0) is 15.5. The molecule has 0 radical (unpaired) electrons. The van der Waals surface area contributed by atoms with E-state index in [0.29, 0.717) is 12.2 Å². The molecule has 7 heteroatoms. The van der Waals surface area contributed by atoms with Gasteiger partial charge in [-0.05, 0) is 44.0 Å². The Morgan fingerprint density at radius 2 is 2.00 bits per heavy atom. The molecule has 1 aliphatic rings. The molecule has 21 heavy (non-hydrogen) atoms. The minimum absolute atomic E-state index is 0.0788. The van der Waals surface area contributed by atoms with Gasteiger partial charge in [0.2, 0.25) is 10.0 Å². The first-order chi connectivity index (χ1) is 9.94. The van der Waals surface area contributed by atoms with Gasteiger partial charge in [-0.3, -0.25) is 4.79 Å². The van der Waals surface area contributed by atoms with E-state index in [4.69, 9.17) is 4.74 Å². The maximum absolute atomic E-state index is 12.3. The Balaban J connectivity index is 2.09. The van der Waals surface area contributed by atoms with Crippen LogP contribution in [0.2, 0.25) is 0 Å². The van der Waals surface area contributed by atoms with Gasteiger partial charge in [-0.25, -0.2) is 13.1 Å². The van der Waals surface area contributed by atoms with E-state index in [1.165, 1.54) is 31.3 Å². The number of rotatable bonds is 5. The highest BCUT2D eigenvalue weighted by Crippen LogP contribution is 2.18. The van der Waals surface area contributed by atoms with Crippen LogP contribution in [0.4, 0.5) is 0 Å². The fourth-order valence-electron chi connectivity index (χ4n) is 2.32. The molecule has 1 aromatic rings. The molecule has 1 aromatic carbocycles. The molecule has 0 saturated carbocycles. The zero-order valence-corrected chi connectivity index (χ0v) is 12.9. The van der Waals surface area contributed by atoms with Crippen LogP contribution in [-0.4, -0.2) is 40.1 Å². The third-order valence-corrected chi connectivity index (χ3v) is 5.09. The zero-order valence-electron chi connectivity index (χ0n) is 12.1. The first-order valence-electron chi connectivity index (χ1n) is 6.90. The van der Waals surface area contributed by atoms with Crippen LogP contribution in [0, 0.1) is 0 Å². The van der Waals surface area contributed by atoms with Gasteiger partial charge in [-0.2, -0.15) is 0 Å². The number of carbonyl (C=O) groups excluding carboxylic acids is 1. The summed E-state index contributed by atoms with van der Waals surface area (Å²) in [5.74, 6) is -0.250. The van der Waals surface area contributed by atoms with Gasteiger partial charge in [-0.1, -0.05) is 0 Å². The Bertz CT molecular complexity index is 592. The topological polar surface area (TPSA) is 84.5 Å². The monoisotopic (exact) mass is 312 g/mol. The highest BCUT2D eigenvalue weighted by Gasteiger charge is 2.26. The average Bonchev–Trinajstić information content (AvgIpc) is 3.00.